The van der Waals surface area contributed by atoms with Gasteiger partial charge in [-0.05, 0) is 66.2 Å². The highest BCUT2D eigenvalue weighted by molar-refractivity contribution is 9.10. The van der Waals surface area contributed by atoms with Gasteiger partial charge in [0.15, 0.2) is 0 Å². The Morgan fingerprint density at radius 2 is 1.79 bits per heavy atom. The Balaban J connectivity index is 1.57. The van der Waals surface area contributed by atoms with Crippen molar-refractivity contribution in [3.05, 3.63) is 94.2 Å². The summed E-state index contributed by atoms with van der Waals surface area (Å²) in [6.07, 6.45) is 0. The normalized spacial score (nSPS) is 16.1. The van der Waals surface area contributed by atoms with Crippen LogP contribution >= 0.6 is 27.7 Å². The van der Waals surface area contributed by atoms with E-state index in [1.807, 2.05) is 36.4 Å². The van der Waals surface area contributed by atoms with Crippen LogP contribution in [0, 0.1) is 5.82 Å². The molecule has 3 aromatic rings. The van der Waals surface area contributed by atoms with Gasteiger partial charge in [-0.2, -0.15) is 0 Å². The molecular weight excluding hydrogens is 455 g/mol. The van der Waals surface area contributed by atoms with Crippen LogP contribution in [0.2, 0.25) is 0 Å². The molecule has 1 aliphatic heterocycles. The molecule has 1 heterocycles. The number of rotatable bonds is 4. The van der Waals surface area contributed by atoms with Crippen molar-refractivity contribution >= 4 is 50.9 Å². The van der Waals surface area contributed by atoms with Gasteiger partial charge in [0.1, 0.15) is 11.2 Å². The fraction of sp³-hybridized carbons (Fsp3) is 0.0909. The van der Waals surface area contributed by atoms with E-state index in [-0.39, 0.29) is 23.0 Å². The second-order valence-corrected chi connectivity index (χ2v) is 8.47. The van der Waals surface area contributed by atoms with Crippen molar-refractivity contribution in [1.82, 2.24) is 0 Å². The van der Waals surface area contributed by atoms with Crippen LogP contribution in [0.4, 0.5) is 15.8 Å². The summed E-state index contributed by atoms with van der Waals surface area (Å²) >= 11 is 4.86. The highest BCUT2D eigenvalue weighted by Crippen LogP contribution is 2.42. The molecule has 1 aliphatic rings. The first-order chi connectivity index (χ1) is 14.0. The Bertz CT molecular complexity index is 1060. The van der Waals surface area contributed by atoms with Crippen molar-refractivity contribution in [2.45, 2.75) is 5.37 Å². The van der Waals surface area contributed by atoms with Crippen LogP contribution in [0.1, 0.15) is 21.3 Å². The Kier molecular flexibility index (Phi) is 5.69. The standard InChI is InChI=1S/C22H16BrFN2O2S/c23-16-6-4-14(5-7-16)21(28)25-18-3-1-2-15(12-18)22-26(20(27)13-29-22)19-10-8-17(24)9-11-19/h1-12,22H,13H2,(H,25,28). The SMILES string of the molecule is O=C(Nc1cccc(C2SCC(=O)N2c2ccc(F)cc2)c1)c1ccc(Br)cc1. The molecule has 0 radical (unpaired) electrons. The molecule has 29 heavy (non-hydrogen) atoms. The minimum Gasteiger partial charge on any atom is -0.322 e. The number of thioether (sulfide) groups is 1. The monoisotopic (exact) mass is 470 g/mol. The highest BCUT2D eigenvalue weighted by atomic mass is 79.9. The third kappa shape index (κ3) is 4.36. The van der Waals surface area contributed by atoms with Gasteiger partial charge in [-0.3, -0.25) is 14.5 Å². The number of carbonyl (C=O) groups excluding carboxylic acids is 2. The molecule has 0 bridgehead atoms. The molecule has 3 aromatic carbocycles. The number of nitrogens with zero attached hydrogens (tertiary/aromatic N) is 1. The van der Waals surface area contributed by atoms with Gasteiger partial charge in [0.2, 0.25) is 5.91 Å². The maximum absolute atomic E-state index is 13.3. The third-order valence-electron chi connectivity index (χ3n) is 4.51. The van der Waals surface area contributed by atoms with Crippen LogP contribution in [0.15, 0.2) is 77.3 Å². The number of hydrogen-bond acceptors (Lipinski definition) is 3. The van der Waals surface area contributed by atoms with Gasteiger partial charge in [-0.15, -0.1) is 11.8 Å². The highest BCUT2D eigenvalue weighted by Gasteiger charge is 2.34. The van der Waals surface area contributed by atoms with Crippen LogP contribution in [0.3, 0.4) is 0 Å². The average molecular weight is 471 g/mol. The van der Waals surface area contributed by atoms with Crippen LogP contribution in [-0.2, 0) is 4.79 Å². The van der Waals surface area contributed by atoms with Crippen molar-refractivity contribution in [3.63, 3.8) is 0 Å². The van der Waals surface area contributed by atoms with Crippen molar-refractivity contribution in [3.8, 4) is 0 Å². The van der Waals surface area contributed by atoms with Gasteiger partial charge < -0.3 is 5.32 Å². The molecule has 4 nitrogen and oxygen atoms in total. The van der Waals surface area contributed by atoms with Crippen LogP contribution in [0.5, 0.6) is 0 Å². The lowest BCUT2D eigenvalue weighted by Gasteiger charge is -2.24. The van der Waals surface area contributed by atoms with E-state index in [2.05, 4.69) is 21.2 Å². The van der Waals surface area contributed by atoms with Gasteiger partial charge in [0, 0.05) is 21.4 Å². The lowest BCUT2D eigenvalue weighted by atomic mass is 10.1. The zero-order valence-corrected chi connectivity index (χ0v) is 17.5. The number of anilines is 2. The molecule has 1 N–H and O–H groups in total. The van der Waals surface area contributed by atoms with Crippen LogP contribution in [-0.4, -0.2) is 17.6 Å². The first-order valence-corrected chi connectivity index (χ1v) is 10.7. The van der Waals surface area contributed by atoms with E-state index >= 15 is 0 Å². The van der Waals surface area contributed by atoms with Gasteiger partial charge in [0.05, 0.1) is 5.75 Å². The predicted octanol–water partition coefficient (Wildman–Crippen LogP) is 5.62. The molecule has 146 valence electrons. The van der Waals surface area contributed by atoms with E-state index in [9.17, 15) is 14.0 Å². The molecule has 0 saturated carbocycles. The molecule has 2 amide bonds. The number of carbonyl (C=O) groups is 2. The zero-order valence-electron chi connectivity index (χ0n) is 15.1. The fourth-order valence-corrected chi connectivity index (χ4v) is 4.56. The lowest BCUT2D eigenvalue weighted by Crippen LogP contribution is -2.27. The molecule has 0 aromatic heterocycles. The van der Waals surface area contributed by atoms with E-state index in [4.69, 9.17) is 0 Å². The summed E-state index contributed by atoms with van der Waals surface area (Å²) in [5.74, 6) is -0.240. The largest absolute Gasteiger partial charge is 0.322 e. The lowest BCUT2D eigenvalue weighted by molar-refractivity contribution is -0.115. The zero-order chi connectivity index (χ0) is 20.4. The topological polar surface area (TPSA) is 49.4 Å². The maximum atomic E-state index is 13.3. The predicted molar refractivity (Wildman–Crippen MR) is 118 cm³/mol. The summed E-state index contributed by atoms with van der Waals surface area (Å²) < 4.78 is 14.2. The minimum atomic E-state index is -0.345. The second kappa shape index (κ2) is 8.39. The van der Waals surface area contributed by atoms with E-state index in [0.717, 1.165) is 10.0 Å². The first-order valence-electron chi connectivity index (χ1n) is 8.87. The van der Waals surface area contributed by atoms with E-state index in [1.165, 1.54) is 23.9 Å². The van der Waals surface area contributed by atoms with E-state index < -0.39 is 0 Å². The molecule has 7 heteroatoms. The summed E-state index contributed by atoms with van der Waals surface area (Å²) in [5, 5.41) is 2.66. The quantitative estimate of drug-likeness (QED) is 0.538. The molecule has 1 saturated heterocycles. The maximum Gasteiger partial charge on any atom is 0.255 e. The van der Waals surface area contributed by atoms with Gasteiger partial charge in [-0.25, -0.2) is 4.39 Å². The van der Waals surface area contributed by atoms with Crippen molar-refractivity contribution < 1.29 is 14.0 Å². The molecule has 0 aliphatic carbocycles. The molecular formula is C22H16BrFN2O2S. The molecule has 1 unspecified atom stereocenters. The third-order valence-corrected chi connectivity index (χ3v) is 6.25. The van der Waals surface area contributed by atoms with E-state index in [1.54, 1.807) is 29.2 Å². The number of hydrogen-bond donors (Lipinski definition) is 1. The summed E-state index contributed by atoms with van der Waals surface area (Å²) in [6, 6.07) is 20.4. The van der Waals surface area contributed by atoms with Gasteiger partial charge in [0.25, 0.3) is 5.91 Å². The summed E-state index contributed by atoms with van der Waals surface area (Å²) in [5.41, 5.74) is 2.74. The van der Waals surface area contributed by atoms with Crippen molar-refractivity contribution in [2.24, 2.45) is 0 Å². The molecule has 4 rings (SSSR count). The van der Waals surface area contributed by atoms with Crippen LogP contribution < -0.4 is 10.2 Å². The molecule has 0 spiro atoms. The Morgan fingerprint density at radius 1 is 1.07 bits per heavy atom. The summed E-state index contributed by atoms with van der Waals surface area (Å²) in [4.78, 5) is 26.6. The van der Waals surface area contributed by atoms with Gasteiger partial charge in [-0.1, -0.05) is 28.1 Å². The average Bonchev–Trinajstić information content (AvgIpc) is 3.11. The Morgan fingerprint density at radius 3 is 2.52 bits per heavy atom. The van der Waals surface area contributed by atoms with Crippen molar-refractivity contribution in [2.75, 3.05) is 16.0 Å². The van der Waals surface area contributed by atoms with E-state index in [0.29, 0.717) is 22.7 Å². The first kappa shape index (κ1) is 19.7. The van der Waals surface area contributed by atoms with Crippen LogP contribution in [0.25, 0.3) is 0 Å². The summed E-state index contributed by atoms with van der Waals surface area (Å²) in [6.45, 7) is 0. The summed E-state index contributed by atoms with van der Waals surface area (Å²) in [7, 11) is 0. The Hall–Kier alpha value is -2.64. The number of amides is 2. The number of halogens is 2. The molecule has 1 fully saturated rings. The number of benzene rings is 3. The Labute approximate surface area is 180 Å². The smallest absolute Gasteiger partial charge is 0.255 e. The fourth-order valence-electron chi connectivity index (χ4n) is 3.13. The second-order valence-electron chi connectivity index (χ2n) is 6.49. The number of nitrogens with one attached hydrogen (secondary N) is 1. The van der Waals surface area contributed by atoms with Gasteiger partial charge >= 0.3 is 0 Å². The minimum absolute atomic E-state index is 0.0316. The molecule has 1 atom stereocenters. The van der Waals surface area contributed by atoms with Crippen molar-refractivity contribution in [1.29, 1.82) is 0 Å².